The second kappa shape index (κ2) is 5.14. The van der Waals surface area contributed by atoms with Gasteiger partial charge in [-0.3, -0.25) is 9.36 Å². The van der Waals surface area contributed by atoms with E-state index in [0.717, 1.165) is 0 Å². The van der Waals surface area contributed by atoms with Gasteiger partial charge in [-0.2, -0.15) is 0 Å². The molecule has 118 valence electrons. The lowest BCUT2D eigenvalue weighted by Crippen LogP contribution is -2.45. The number of imidazole rings is 1. The van der Waals surface area contributed by atoms with Crippen LogP contribution in [0.15, 0.2) is 12.7 Å². The van der Waals surface area contributed by atoms with E-state index in [1.807, 2.05) is 0 Å². The van der Waals surface area contributed by atoms with Crippen molar-refractivity contribution in [1.29, 1.82) is 0 Å². The number of anilines is 1. The van der Waals surface area contributed by atoms with Crippen LogP contribution in [0.25, 0.3) is 11.2 Å². The third kappa shape index (κ3) is 2.07. The molecule has 3 rings (SSSR count). The van der Waals surface area contributed by atoms with E-state index in [0.29, 0.717) is 5.52 Å². The van der Waals surface area contributed by atoms with E-state index in [1.165, 1.54) is 17.2 Å². The standard InChI is InChI=1S/C11H14N6O5/c12-8-3-10(15-1-14-8)17(2-16-3)11-5(19)4(18)7(22-11)6(20)9(13)21/h1-2,4-7,11,18-20H,(H2,13,21)(H2,12,14,15)/t4-,5+,6?,7-,11+/m0/s1. The molecular formula is C11H14N6O5. The zero-order chi connectivity index (χ0) is 16.0. The Bertz CT molecular complexity index is 720. The van der Waals surface area contributed by atoms with Crippen LogP contribution in [0.5, 0.6) is 0 Å². The van der Waals surface area contributed by atoms with Gasteiger partial charge in [0, 0.05) is 0 Å². The summed E-state index contributed by atoms with van der Waals surface area (Å²) in [7, 11) is 0. The second-order valence-corrected chi connectivity index (χ2v) is 4.90. The number of hydrogen-bond donors (Lipinski definition) is 5. The van der Waals surface area contributed by atoms with Gasteiger partial charge in [0.1, 0.15) is 30.2 Å². The summed E-state index contributed by atoms with van der Waals surface area (Å²) in [6.45, 7) is 0. The number of fused-ring (bicyclic) bond motifs is 1. The Hall–Kier alpha value is -2.34. The van der Waals surface area contributed by atoms with Gasteiger partial charge in [-0.25, -0.2) is 15.0 Å². The Kier molecular flexibility index (Phi) is 3.41. The molecule has 1 aliphatic heterocycles. The first-order chi connectivity index (χ1) is 10.4. The normalized spacial score (nSPS) is 29.8. The first-order valence-electron chi connectivity index (χ1n) is 6.33. The van der Waals surface area contributed by atoms with Gasteiger partial charge in [0.25, 0.3) is 0 Å². The van der Waals surface area contributed by atoms with Crippen molar-refractivity contribution in [1.82, 2.24) is 19.5 Å². The monoisotopic (exact) mass is 310 g/mol. The quantitative estimate of drug-likeness (QED) is 0.391. The molecule has 1 saturated heterocycles. The van der Waals surface area contributed by atoms with Gasteiger partial charge in [0.2, 0.25) is 5.91 Å². The molecule has 0 spiro atoms. The van der Waals surface area contributed by atoms with Crippen molar-refractivity contribution in [2.24, 2.45) is 5.73 Å². The van der Waals surface area contributed by atoms with Crippen LogP contribution in [0.2, 0.25) is 0 Å². The predicted octanol–water partition coefficient (Wildman–Crippen LogP) is -3.13. The number of nitrogens with two attached hydrogens (primary N) is 2. The highest BCUT2D eigenvalue weighted by Gasteiger charge is 2.48. The lowest BCUT2D eigenvalue weighted by molar-refractivity contribution is -0.140. The van der Waals surface area contributed by atoms with Crippen LogP contribution >= 0.6 is 0 Å². The smallest absolute Gasteiger partial charge is 0.249 e. The SMILES string of the molecule is NC(=O)C(O)[C@H]1O[C@@H](n2cnc3c(N)ncnc32)[C@H](O)[C@@H]1O. The molecule has 1 aliphatic rings. The summed E-state index contributed by atoms with van der Waals surface area (Å²) in [4.78, 5) is 22.8. The molecule has 3 heterocycles. The molecule has 1 fully saturated rings. The van der Waals surface area contributed by atoms with Gasteiger partial charge in [-0.15, -0.1) is 0 Å². The van der Waals surface area contributed by atoms with Crippen LogP contribution < -0.4 is 11.5 Å². The van der Waals surface area contributed by atoms with Gasteiger partial charge in [0.05, 0.1) is 6.33 Å². The molecule has 0 aliphatic carbocycles. The lowest BCUT2D eigenvalue weighted by Gasteiger charge is -2.18. The van der Waals surface area contributed by atoms with Crippen molar-refractivity contribution in [2.75, 3.05) is 5.73 Å². The first kappa shape index (κ1) is 14.6. The fourth-order valence-corrected chi connectivity index (χ4v) is 2.39. The van der Waals surface area contributed by atoms with Gasteiger partial charge in [-0.1, -0.05) is 0 Å². The van der Waals surface area contributed by atoms with Gasteiger partial charge < -0.3 is 31.5 Å². The Balaban J connectivity index is 1.98. The number of rotatable bonds is 3. The molecule has 11 nitrogen and oxygen atoms in total. The number of aromatic nitrogens is 4. The summed E-state index contributed by atoms with van der Waals surface area (Å²) in [6.07, 6.45) is -4.66. The largest absolute Gasteiger partial charge is 0.387 e. The zero-order valence-corrected chi connectivity index (χ0v) is 11.1. The summed E-state index contributed by atoms with van der Waals surface area (Å²) >= 11 is 0. The van der Waals surface area contributed by atoms with Crippen LogP contribution in [-0.2, 0) is 9.53 Å². The molecule has 0 radical (unpaired) electrons. The summed E-state index contributed by atoms with van der Waals surface area (Å²) in [6, 6.07) is 0. The molecule has 0 saturated carbocycles. The highest BCUT2D eigenvalue weighted by Crippen LogP contribution is 2.33. The molecule has 1 amide bonds. The molecule has 2 aromatic rings. The van der Waals surface area contributed by atoms with Crippen molar-refractivity contribution < 1.29 is 24.9 Å². The van der Waals surface area contributed by atoms with E-state index in [1.54, 1.807) is 0 Å². The number of aliphatic hydroxyl groups is 3. The number of nitrogens with zero attached hydrogens (tertiary/aromatic N) is 4. The summed E-state index contributed by atoms with van der Waals surface area (Å²) in [5.74, 6) is -0.926. The van der Waals surface area contributed by atoms with Crippen LogP contribution in [0.4, 0.5) is 5.82 Å². The summed E-state index contributed by atoms with van der Waals surface area (Å²) < 4.78 is 6.70. The molecule has 7 N–H and O–H groups in total. The van der Waals surface area contributed by atoms with Crippen molar-refractivity contribution in [3.63, 3.8) is 0 Å². The highest BCUT2D eigenvalue weighted by atomic mass is 16.6. The molecular weight excluding hydrogens is 296 g/mol. The number of primary amides is 1. The van der Waals surface area contributed by atoms with E-state index in [-0.39, 0.29) is 11.5 Å². The van der Waals surface area contributed by atoms with Crippen molar-refractivity contribution in [2.45, 2.75) is 30.6 Å². The average molecular weight is 310 g/mol. The van der Waals surface area contributed by atoms with E-state index in [4.69, 9.17) is 16.2 Å². The van der Waals surface area contributed by atoms with Crippen LogP contribution in [0.1, 0.15) is 6.23 Å². The maximum absolute atomic E-state index is 11.0. The van der Waals surface area contributed by atoms with E-state index < -0.39 is 36.6 Å². The second-order valence-electron chi connectivity index (χ2n) is 4.90. The van der Waals surface area contributed by atoms with E-state index >= 15 is 0 Å². The highest BCUT2D eigenvalue weighted by molar-refractivity contribution is 5.81. The minimum Gasteiger partial charge on any atom is -0.387 e. The van der Waals surface area contributed by atoms with E-state index in [2.05, 4.69) is 15.0 Å². The van der Waals surface area contributed by atoms with Crippen molar-refractivity contribution >= 4 is 22.9 Å². The molecule has 11 heteroatoms. The van der Waals surface area contributed by atoms with Crippen LogP contribution in [-0.4, -0.2) is 65.2 Å². The summed E-state index contributed by atoms with van der Waals surface area (Å²) in [5.41, 5.74) is 11.2. The van der Waals surface area contributed by atoms with Crippen LogP contribution in [0, 0.1) is 0 Å². The fraction of sp³-hybridized carbons (Fsp3) is 0.455. The van der Waals surface area contributed by atoms with Crippen LogP contribution in [0.3, 0.4) is 0 Å². The predicted molar refractivity (Wildman–Crippen MR) is 70.9 cm³/mol. The molecule has 0 aromatic carbocycles. The number of hydrogen-bond acceptors (Lipinski definition) is 9. The number of carbonyl (C=O) groups excluding carboxylic acids is 1. The third-order valence-corrected chi connectivity index (χ3v) is 3.54. The van der Waals surface area contributed by atoms with Gasteiger partial charge in [-0.05, 0) is 0 Å². The third-order valence-electron chi connectivity index (χ3n) is 3.54. The number of ether oxygens (including phenoxy) is 1. The Labute approximate surface area is 123 Å². The topological polar surface area (TPSA) is 183 Å². The number of nitrogen functional groups attached to an aromatic ring is 1. The Morgan fingerprint density at radius 2 is 2.05 bits per heavy atom. The zero-order valence-electron chi connectivity index (χ0n) is 11.1. The minimum absolute atomic E-state index is 0.144. The van der Waals surface area contributed by atoms with Crippen molar-refractivity contribution in [3.05, 3.63) is 12.7 Å². The summed E-state index contributed by atoms with van der Waals surface area (Å²) in [5, 5.41) is 29.7. The number of amides is 1. The molecule has 1 unspecified atom stereocenters. The minimum atomic E-state index is -1.76. The number of carbonyl (C=O) groups is 1. The van der Waals surface area contributed by atoms with Crippen molar-refractivity contribution in [3.8, 4) is 0 Å². The molecule has 5 atom stereocenters. The van der Waals surface area contributed by atoms with Gasteiger partial charge in [0.15, 0.2) is 23.8 Å². The Morgan fingerprint density at radius 1 is 1.32 bits per heavy atom. The maximum Gasteiger partial charge on any atom is 0.249 e. The Morgan fingerprint density at radius 3 is 2.73 bits per heavy atom. The molecule has 2 aromatic heterocycles. The van der Waals surface area contributed by atoms with Gasteiger partial charge >= 0.3 is 0 Å². The molecule has 0 bridgehead atoms. The maximum atomic E-state index is 11.0. The average Bonchev–Trinajstić information content (AvgIpc) is 3.02. The van der Waals surface area contributed by atoms with E-state index in [9.17, 15) is 20.1 Å². The number of aliphatic hydroxyl groups excluding tert-OH is 3. The lowest BCUT2D eigenvalue weighted by atomic mass is 10.1. The first-order valence-corrected chi connectivity index (χ1v) is 6.33. The molecule has 22 heavy (non-hydrogen) atoms. The fourth-order valence-electron chi connectivity index (χ4n) is 2.39.